The summed E-state index contributed by atoms with van der Waals surface area (Å²) in [6, 6.07) is 1.94. The maximum absolute atomic E-state index is 8.69. The van der Waals surface area contributed by atoms with Crippen LogP contribution in [0.2, 0.25) is 0 Å². The van der Waals surface area contributed by atoms with Crippen molar-refractivity contribution in [3.05, 3.63) is 11.8 Å². The van der Waals surface area contributed by atoms with Gasteiger partial charge in [0.2, 0.25) is 5.95 Å². The molecule has 1 fully saturated rings. The summed E-state index contributed by atoms with van der Waals surface area (Å²) in [5.74, 6) is 0.856. The van der Waals surface area contributed by atoms with Crippen LogP contribution in [0, 0.1) is 11.3 Å². The van der Waals surface area contributed by atoms with Crippen LogP contribution in [-0.2, 0) is 0 Å². The molecule has 0 atom stereocenters. The summed E-state index contributed by atoms with van der Waals surface area (Å²) in [5, 5.41) is 11.9. The third-order valence-corrected chi connectivity index (χ3v) is 2.33. The Morgan fingerprint density at radius 1 is 1.47 bits per heavy atom. The fourth-order valence-electron chi connectivity index (χ4n) is 1.49. The Hall–Kier alpha value is -1.87. The van der Waals surface area contributed by atoms with Crippen molar-refractivity contribution in [2.24, 2.45) is 0 Å². The zero-order valence-electron chi connectivity index (χ0n) is 8.27. The average Bonchev–Trinajstić information content (AvgIpc) is 2.30. The summed E-state index contributed by atoms with van der Waals surface area (Å²) < 4.78 is 0. The lowest BCUT2D eigenvalue weighted by molar-refractivity contribution is 0.580. The minimum Gasteiger partial charge on any atom is -0.382 e. The van der Waals surface area contributed by atoms with Crippen LogP contribution in [0.5, 0.6) is 0 Å². The molecule has 1 aliphatic rings. The lowest BCUT2D eigenvalue weighted by Crippen LogP contribution is -2.44. The quantitative estimate of drug-likeness (QED) is 0.631. The van der Waals surface area contributed by atoms with E-state index in [0.29, 0.717) is 11.5 Å². The lowest BCUT2D eigenvalue weighted by Gasteiger charge is -2.27. The molecule has 2 rings (SSSR count). The zero-order valence-corrected chi connectivity index (χ0v) is 8.27. The maximum Gasteiger partial charge on any atom is 0.227 e. The van der Waals surface area contributed by atoms with Gasteiger partial charge in [0, 0.05) is 26.2 Å². The Labute approximate surface area is 87.7 Å². The van der Waals surface area contributed by atoms with E-state index in [-0.39, 0.29) is 5.82 Å². The fourth-order valence-corrected chi connectivity index (χ4v) is 1.49. The number of nitriles is 1. The molecule has 78 valence electrons. The standard InChI is InChI=1S/C9H12N6/c10-5-7-6-13-9(14-8(7)11)15-3-1-12-2-4-15/h6,12H,1-4H2,(H2,11,13,14). The van der Waals surface area contributed by atoms with Crippen molar-refractivity contribution in [1.82, 2.24) is 15.3 Å². The van der Waals surface area contributed by atoms with Crippen LogP contribution in [0.15, 0.2) is 6.20 Å². The summed E-state index contributed by atoms with van der Waals surface area (Å²) in [6.45, 7) is 3.57. The number of aromatic nitrogens is 2. The van der Waals surface area contributed by atoms with Gasteiger partial charge in [-0.05, 0) is 0 Å². The minimum atomic E-state index is 0.251. The topological polar surface area (TPSA) is 90.9 Å². The molecule has 0 amide bonds. The predicted octanol–water partition coefficient (Wildman–Crippen LogP) is -0.660. The van der Waals surface area contributed by atoms with Crippen molar-refractivity contribution in [2.45, 2.75) is 0 Å². The maximum atomic E-state index is 8.69. The molecule has 0 aromatic carbocycles. The highest BCUT2D eigenvalue weighted by molar-refractivity contribution is 5.50. The number of nitrogen functional groups attached to an aromatic ring is 1. The molecule has 15 heavy (non-hydrogen) atoms. The van der Waals surface area contributed by atoms with E-state index in [9.17, 15) is 0 Å². The first kappa shape index (κ1) is 9.68. The van der Waals surface area contributed by atoms with Crippen LogP contribution in [0.4, 0.5) is 11.8 Å². The fraction of sp³-hybridized carbons (Fsp3) is 0.444. The smallest absolute Gasteiger partial charge is 0.227 e. The number of rotatable bonds is 1. The first-order chi connectivity index (χ1) is 7.31. The monoisotopic (exact) mass is 204 g/mol. The molecule has 0 aliphatic carbocycles. The molecule has 0 radical (unpaired) electrons. The summed E-state index contributed by atoms with van der Waals surface area (Å²) in [7, 11) is 0. The minimum absolute atomic E-state index is 0.251. The Morgan fingerprint density at radius 3 is 2.80 bits per heavy atom. The molecule has 2 heterocycles. The van der Waals surface area contributed by atoms with Crippen molar-refractivity contribution in [1.29, 1.82) is 5.26 Å². The Morgan fingerprint density at radius 2 is 2.20 bits per heavy atom. The van der Waals surface area contributed by atoms with Crippen LogP contribution in [0.3, 0.4) is 0 Å². The number of hydrogen-bond donors (Lipinski definition) is 2. The number of piperazine rings is 1. The highest BCUT2D eigenvalue weighted by Crippen LogP contribution is 2.12. The molecule has 1 saturated heterocycles. The second-order valence-corrected chi connectivity index (χ2v) is 3.32. The van der Waals surface area contributed by atoms with E-state index < -0.39 is 0 Å². The van der Waals surface area contributed by atoms with Crippen molar-refractivity contribution in [2.75, 3.05) is 36.8 Å². The van der Waals surface area contributed by atoms with Crippen LogP contribution in [0.25, 0.3) is 0 Å². The van der Waals surface area contributed by atoms with Gasteiger partial charge >= 0.3 is 0 Å². The van der Waals surface area contributed by atoms with Gasteiger partial charge in [0.1, 0.15) is 17.5 Å². The van der Waals surface area contributed by atoms with Gasteiger partial charge in [0.05, 0.1) is 6.20 Å². The van der Waals surface area contributed by atoms with E-state index in [1.807, 2.05) is 11.0 Å². The van der Waals surface area contributed by atoms with Crippen molar-refractivity contribution >= 4 is 11.8 Å². The highest BCUT2D eigenvalue weighted by atomic mass is 15.3. The molecular formula is C9H12N6. The van der Waals surface area contributed by atoms with Gasteiger partial charge in [-0.2, -0.15) is 10.2 Å². The molecule has 1 aromatic rings. The number of anilines is 2. The van der Waals surface area contributed by atoms with E-state index in [4.69, 9.17) is 11.0 Å². The normalized spacial score (nSPS) is 16.1. The van der Waals surface area contributed by atoms with Gasteiger partial charge in [0.25, 0.3) is 0 Å². The number of nitrogens with zero attached hydrogens (tertiary/aromatic N) is 4. The molecule has 3 N–H and O–H groups in total. The van der Waals surface area contributed by atoms with Gasteiger partial charge in [-0.3, -0.25) is 0 Å². The van der Waals surface area contributed by atoms with E-state index >= 15 is 0 Å². The van der Waals surface area contributed by atoms with E-state index in [1.54, 1.807) is 0 Å². The first-order valence-electron chi connectivity index (χ1n) is 4.79. The van der Waals surface area contributed by atoms with Gasteiger partial charge in [-0.1, -0.05) is 0 Å². The Balaban J connectivity index is 2.22. The SMILES string of the molecule is N#Cc1cnc(N2CCNCC2)nc1N. The van der Waals surface area contributed by atoms with E-state index in [0.717, 1.165) is 26.2 Å². The molecule has 0 bridgehead atoms. The molecule has 0 spiro atoms. The molecule has 1 aliphatic heterocycles. The number of nitrogens with two attached hydrogens (primary N) is 1. The summed E-state index contributed by atoms with van der Waals surface area (Å²) in [5.41, 5.74) is 5.95. The molecule has 0 unspecified atom stereocenters. The number of hydrogen-bond acceptors (Lipinski definition) is 6. The van der Waals surface area contributed by atoms with Crippen LogP contribution >= 0.6 is 0 Å². The Bertz CT molecular complexity index is 390. The first-order valence-corrected chi connectivity index (χ1v) is 4.79. The van der Waals surface area contributed by atoms with Gasteiger partial charge in [-0.15, -0.1) is 0 Å². The van der Waals surface area contributed by atoms with Gasteiger partial charge in [0.15, 0.2) is 0 Å². The summed E-state index contributed by atoms with van der Waals surface area (Å²) >= 11 is 0. The molecule has 1 aromatic heterocycles. The van der Waals surface area contributed by atoms with Crippen molar-refractivity contribution in [3.63, 3.8) is 0 Å². The molecule has 6 nitrogen and oxygen atoms in total. The average molecular weight is 204 g/mol. The third kappa shape index (κ3) is 1.97. The van der Waals surface area contributed by atoms with Crippen molar-refractivity contribution < 1.29 is 0 Å². The molecule has 0 saturated carbocycles. The summed E-state index contributed by atoms with van der Waals surface area (Å²) in [4.78, 5) is 10.3. The van der Waals surface area contributed by atoms with Crippen molar-refractivity contribution in [3.8, 4) is 6.07 Å². The highest BCUT2D eigenvalue weighted by Gasteiger charge is 2.13. The van der Waals surface area contributed by atoms with E-state index in [1.165, 1.54) is 6.20 Å². The Kier molecular flexibility index (Phi) is 2.65. The third-order valence-electron chi connectivity index (χ3n) is 2.33. The van der Waals surface area contributed by atoms with E-state index in [2.05, 4.69) is 15.3 Å². The lowest BCUT2D eigenvalue weighted by atomic mass is 10.3. The second-order valence-electron chi connectivity index (χ2n) is 3.32. The van der Waals surface area contributed by atoms with Gasteiger partial charge in [-0.25, -0.2) is 4.98 Å². The summed E-state index contributed by atoms with van der Waals surface area (Å²) in [6.07, 6.45) is 1.47. The van der Waals surface area contributed by atoms with Gasteiger partial charge < -0.3 is 16.0 Å². The number of nitrogens with one attached hydrogen (secondary N) is 1. The predicted molar refractivity (Wildman–Crippen MR) is 56.2 cm³/mol. The van der Waals surface area contributed by atoms with Crippen LogP contribution in [0.1, 0.15) is 5.56 Å². The second kappa shape index (κ2) is 4.11. The van der Waals surface area contributed by atoms with Crippen LogP contribution < -0.4 is 16.0 Å². The van der Waals surface area contributed by atoms with Crippen LogP contribution in [-0.4, -0.2) is 36.1 Å². The largest absolute Gasteiger partial charge is 0.382 e. The molecule has 6 heteroatoms. The molecular weight excluding hydrogens is 192 g/mol. The zero-order chi connectivity index (χ0) is 10.7.